The first-order valence-corrected chi connectivity index (χ1v) is 7.81. The van der Waals surface area contributed by atoms with Crippen molar-refractivity contribution in [3.8, 4) is 0 Å². The number of nitrogens with zero attached hydrogens (tertiary/aromatic N) is 1. The summed E-state index contributed by atoms with van der Waals surface area (Å²) < 4.78 is 0. The predicted octanol–water partition coefficient (Wildman–Crippen LogP) is 3.94. The van der Waals surface area contributed by atoms with E-state index in [0.29, 0.717) is 0 Å². The highest BCUT2D eigenvalue weighted by Gasteiger charge is 2.29. The summed E-state index contributed by atoms with van der Waals surface area (Å²) in [5.74, 6) is 0. The van der Waals surface area contributed by atoms with Gasteiger partial charge in [-0.3, -0.25) is 0 Å². The second kappa shape index (κ2) is 5.35. The summed E-state index contributed by atoms with van der Waals surface area (Å²) >= 11 is 1.77. The highest BCUT2D eigenvalue weighted by Crippen LogP contribution is 2.33. The van der Waals surface area contributed by atoms with Crippen LogP contribution in [-0.2, 0) is 6.54 Å². The van der Waals surface area contributed by atoms with Gasteiger partial charge in [-0.05, 0) is 59.9 Å². The van der Waals surface area contributed by atoms with Crippen molar-refractivity contribution in [3.05, 3.63) is 52.2 Å². The minimum absolute atomic E-state index is 0.111. The molecule has 0 saturated heterocycles. The van der Waals surface area contributed by atoms with Gasteiger partial charge in [-0.25, -0.2) is 0 Å². The standard InChI is InChI=1S/C16H20N2S/c1-12(17)14-2-4-15(5-3-14)18(16-6-7-16)10-13-8-9-19-11-13/h2-5,8-9,11-12,16H,6-7,10,17H2,1H3/t12-/m1/s1. The Bertz CT molecular complexity index is 512. The second-order valence-electron chi connectivity index (χ2n) is 5.37. The van der Waals surface area contributed by atoms with Gasteiger partial charge in [-0.2, -0.15) is 11.3 Å². The number of benzene rings is 1. The first-order chi connectivity index (χ1) is 9.24. The minimum Gasteiger partial charge on any atom is -0.364 e. The molecule has 1 heterocycles. The molecule has 1 aromatic carbocycles. The van der Waals surface area contributed by atoms with Gasteiger partial charge in [0.25, 0.3) is 0 Å². The smallest absolute Gasteiger partial charge is 0.0440 e. The van der Waals surface area contributed by atoms with E-state index < -0.39 is 0 Å². The monoisotopic (exact) mass is 272 g/mol. The average Bonchev–Trinajstić information content (AvgIpc) is 3.13. The molecule has 1 atom stereocenters. The maximum atomic E-state index is 5.91. The van der Waals surface area contributed by atoms with Crippen molar-refractivity contribution >= 4 is 17.0 Å². The molecule has 1 saturated carbocycles. The van der Waals surface area contributed by atoms with Crippen LogP contribution in [0.1, 0.15) is 36.9 Å². The fourth-order valence-electron chi connectivity index (χ4n) is 2.37. The van der Waals surface area contributed by atoms with Crippen LogP contribution in [0.15, 0.2) is 41.1 Å². The first-order valence-electron chi connectivity index (χ1n) is 6.87. The van der Waals surface area contributed by atoms with Crippen molar-refractivity contribution in [2.24, 2.45) is 5.73 Å². The summed E-state index contributed by atoms with van der Waals surface area (Å²) in [6.07, 6.45) is 2.64. The maximum Gasteiger partial charge on any atom is 0.0440 e. The van der Waals surface area contributed by atoms with E-state index in [-0.39, 0.29) is 6.04 Å². The summed E-state index contributed by atoms with van der Waals surface area (Å²) in [7, 11) is 0. The van der Waals surface area contributed by atoms with Crippen molar-refractivity contribution in [3.63, 3.8) is 0 Å². The molecule has 1 aromatic heterocycles. The number of rotatable bonds is 5. The summed E-state index contributed by atoms with van der Waals surface area (Å²) in [4.78, 5) is 2.52. The van der Waals surface area contributed by atoms with Crippen LogP contribution in [0.2, 0.25) is 0 Å². The van der Waals surface area contributed by atoms with Crippen LogP contribution in [0.25, 0.3) is 0 Å². The van der Waals surface area contributed by atoms with Crippen molar-refractivity contribution in [2.75, 3.05) is 4.90 Å². The van der Waals surface area contributed by atoms with E-state index in [0.717, 1.165) is 12.6 Å². The zero-order valence-corrected chi connectivity index (χ0v) is 12.1. The van der Waals surface area contributed by atoms with Crippen molar-refractivity contribution in [1.29, 1.82) is 0 Å². The van der Waals surface area contributed by atoms with Gasteiger partial charge >= 0.3 is 0 Å². The van der Waals surface area contributed by atoms with Gasteiger partial charge in [0.15, 0.2) is 0 Å². The third-order valence-electron chi connectivity index (χ3n) is 3.67. The van der Waals surface area contributed by atoms with Crippen LogP contribution in [-0.4, -0.2) is 6.04 Å². The van der Waals surface area contributed by atoms with Crippen LogP contribution in [0.5, 0.6) is 0 Å². The number of thiophene rings is 1. The molecule has 3 heteroatoms. The van der Waals surface area contributed by atoms with Gasteiger partial charge in [-0.15, -0.1) is 0 Å². The van der Waals surface area contributed by atoms with Gasteiger partial charge in [0.05, 0.1) is 0 Å². The molecule has 2 N–H and O–H groups in total. The Morgan fingerprint density at radius 3 is 2.53 bits per heavy atom. The lowest BCUT2D eigenvalue weighted by Crippen LogP contribution is -2.24. The van der Waals surface area contributed by atoms with E-state index in [9.17, 15) is 0 Å². The molecule has 0 radical (unpaired) electrons. The second-order valence-corrected chi connectivity index (χ2v) is 6.15. The molecule has 1 fully saturated rings. The van der Waals surface area contributed by atoms with Gasteiger partial charge in [0.1, 0.15) is 0 Å². The molecule has 3 rings (SSSR count). The lowest BCUT2D eigenvalue weighted by molar-refractivity contribution is 0.791. The zero-order valence-electron chi connectivity index (χ0n) is 11.3. The summed E-state index contributed by atoms with van der Waals surface area (Å²) in [5, 5.41) is 4.39. The lowest BCUT2D eigenvalue weighted by atomic mass is 10.1. The third kappa shape index (κ3) is 2.99. The quantitative estimate of drug-likeness (QED) is 0.893. The number of hydrogen-bond donors (Lipinski definition) is 1. The van der Waals surface area contributed by atoms with Gasteiger partial charge in [-0.1, -0.05) is 12.1 Å². The topological polar surface area (TPSA) is 29.3 Å². The highest BCUT2D eigenvalue weighted by atomic mass is 32.1. The first kappa shape index (κ1) is 12.7. The van der Waals surface area contributed by atoms with Gasteiger partial charge in [0, 0.05) is 24.3 Å². The largest absolute Gasteiger partial charge is 0.364 e. The molecule has 0 bridgehead atoms. The number of hydrogen-bond acceptors (Lipinski definition) is 3. The van der Waals surface area contributed by atoms with Gasteiger partial charge in [0.2, 0.25) is 0 Å². The average molecular weight is 272 g/mol. The molecule has 100 valence electrons. The third-order valence-corrected chi connectivity index (χ3v) is 4.40. The lowest BCUT2D eigenvalue weighted by Gasteiger charge is -2.24. The molecule has 0 unspecified atom stereocenters. The number of nitrogens with two attached hydrogens (primary N) is 1. The number of anilines is 1. The van der Waals surface area contributed by atoms with Crippen molar-refractivity contribution in [1.82, 2.24) is 0 Å². The Kier molecular flexibility index (Phi) is 3.58. The van der Waals surface area contributed by atoms with Crippen molar-refractivity contribution in [2.45, 2.75) is 38.4 Å². The van der Waals surface area contributed by atoms with E-state index in [1.807, 2.05) is 6.92 Å². The predicted molar refractivity (Wildman–Crippen MR) is 82.6 cm³/mol. The summed E-state index contributed by atoms with van der Waals surface area (Å²) in [6.45, 7) is 3.05. The maximum absolute atomic E-state index is 5.91. The van der Waals surface area contributed by atoms with E-state index in [4.69, 9.17) is 5.73 Å². The van der Waals surface area contributed by atoms with Crippen LogP contribution in [0.4, 0.5) is 5.69 Å². The molecule has 2 aromatic rings. The minimum atomic E-state index is 0.111. The van der Waals surface area contributed by atoms with Crippen LogP contribution >= 0.6 is 11.3 Å². The summed E-state index contributed by atoms with van der Waals surface area (Å²) in [6, 6.07) is 11.8. The summed E-state index contributed by atoms with van der Waals surface area (Å²) in [5.41, 5.74) is 9.84. The van der Waals surface area contributed by atoms with Crippen molar-refractivity contribution < 1.29 is 0 Å². The van der Waals surface area contributed by atoms with E-state index in [1.165, 1.54) is 29.7 Å². The highest BCUT2D eigenvalue weighted by molar-refractivity contribution is 7.07. The SMILES string of the molecule is C[C@@H](N)c1ccc(N(Cc2ccsc2)C2CC2)cc1. The molecule has 2 nitrogen and oxygen atoms in total. The molecular weight excluding hydrogens is 252 g/mol. The van der Waals surface area contributed by atoms with Crippen LogP contribution < -0.4 is 10.6 Å². The van der Waals surface area contributed by atoms with E-state index in [1.54, 1.807) is 11.3 Å². The molecular formula is C16H20N2S. The van der Waals surface area contributed by atoms with Crippen LogP contribution in [0.3, 0.4) is 0 Å². The van der Waals surface area contributed by atoms with E-state index in [2.05, 4.69) is 46.0 Å². The van der Waals surface area contributed by atoms with E-state index >= 15 is 0 Å². The fourth-order valence-corrected chi connectivity index (χ4v) is 3.03. The molecule has 0 spiro atoms. The van der Waals surface area contributed by atoms with Crippen LogP contribution in [0, 0.1) is 0 Å². The molecule has 0 aliphatic heterocycles. The fraction of sp³-hybridized carbons (Fsp3) is 0.375. The molecule has 19 heavy (non-hydrogen) atoms. The molecule has 0 amide bonds. The Balaban J connectivity index is 1.79. The Labute approximate surface area is 118 Å². The molecule has 1 aliphatic rings. The zero-order chi connectivity index (χ0) is 13.2. The normalized spacial score (nSPS) is 16.3. The Hall–Kier alpha value is -1.32. The Morgan fingerprint density at radius 1 is 1.26 bits per heavy atom. The molecule has 1 aliphatic carbocycles. The Morgan fingerprint density at radius 2 is 2.00 bits per heavy atom. The van der Waals surface area contributed by atoms with Gasteiger partial charge < -0.3 is 10.6 Å².